The Morgan fingerprint density at radius 3 is 2.50 bits per heavy atom. The average Bonchev–Trinajstić information content (AvgIpc) is 3.50. The number of nitrogens with one attached hydrogen (secondary N) is 1. The molecule has 162 valence electrons. The molecular formula is C25H23N3O3S. The second-order valence-corrected chi connectivity index (χ2v) is 8.49. The summed E-state index contributed by atoms with van der Waals surface area (Å²) >= 11 is 1.59. The first-order chi connectivity index (χ1) is 15.6. The van der Waals surface area contributed by atoms with Crippen LogP contribution in [0.15, 0.2) is 82.7 Å². The number of thiophene rings is 1. The molecule has 0 fully saturated rings. The van der Waals surface area contributed by atoms with Gasteiger partial charge in [0, 0.05) is 23.1 Å². The monoisotopic (exact) mass is 445 g/mol. The molecule has 2 amide bonds. The Kier molecular flexibility index (Phi) is 6.77. The van der Waals surface area contributed by atoms with E-state index < -0.39 is 0 Å². The number of benzene rings is 2. The number of carbonyl (C=O) groups is 2. The van der Waals surface area contributed by atoms with Crippen molar-refractivity contribution in [1.82, 2.24) is 15.4 Å². The summed E-state index contributed by atoms with van der Waals surface area (Å²) in [5.74, 6) is 0.0202. The molecule has 0 atom stereocenters. The van der Waals surface area contributed by atoms with Crippen molar-refractivity contribution < 1.29 is 14.1 Å². The molecule has 0 spiro atoms. The Morgan fingerprint density at radius 1 is 1.00 bits per heavy atom. The van der Waals surface area contributed by atoms with Crippen LogP contribution in [0.1, 0.15) is 42.6 Å². The standard InChI is InChI=1S/C25H23N3O3S/c1-18-9-11-19(12-10-18)15-26-24(29)23-14-21(31-27-23)16-28(17-22-8-5-13-32-22)25(30)20-6-3-2-4-7-20/h2-14H,15-17H2,1H3,(H,26,29). The van der Waals surface area contributed by atoms with Crippen LogP contribution in [-0.4, -0.2) is 21.9 Å². The van der Waals surface area contributed by atoms with Crippen molar-refractivity contribution in [3.05, 3.63) is 111 Å². The summed E-state index contributed by atoms with van der Waals surface area (Å²) in [7, 11) is 0. The van der Waals surface area contributed by atoms with Crippen LogP contribution in [0.3, 0.4) is 0 Å². The van der Waals surface area contributed by atoms with E-state index in [9.17, 15) is 9.59 Å². The first kappa shape index (κ1) is 21.5. The minimum atomic E-state index is -0.320. The summed E-state index contributed by atoms with van der Waals surface area (Å²) in [5, 5.41) is 8.73. The van der Waals surface area contributed by atoms with Crippen molar-refractivity contribution >= 4 is 23.2 Å². The minimum Gasteiger partial charge on any atom is -0.359 e. The molecule has 0 saturated heterocycles. The van der Waals surface area contributed by atoms with E-state index in [1.807, 2.05) is 66.9 Å². The van der Waals surface area contributed by atoms with Gasteiger partial charge in [0.2, 0.25) is 0 Å². The summed E-state index contributed by atoms with van der Waals surface area (Å²) in [5.41, 5.74) is 2.96. The van der Waals surface area contributed by atoms with Crippen molar-refractivity contribution in [2.75, 3.05) is 0 Å². The molecule has 2 aromatic carbocycles. The van der Waals surface area contributed by atoms with E-state index in [0.29, 0.717) is 24.4 Å². The van der Waals surface area contributed by atoms with Crippen LogP contribution in [0.4, 0.5) is 0 Å². The molecule has 0 bridgehead atoms. The number of aryl methyl sites for hydroxylation is 1. The highest BCUT2D eigenvalue weighted by molar-refractivity contribution is 7.09. The fourth-order valence-electron chi connectivity index (χ4n) is 3.21. The van der Waals surface area contributed by atoms with Gasteiger partial charge in [-0.2, -0.15) is 0 Å². The number of nitrogens with zero attached hydrogens (tertiary/aromatic N) is 2. The first-order valence-corrected chi connectivity index (χ1v) is 11.1. The lowest BCUT2D eigenvalue weighted by Gasteiger charge is -2.20. The van der Waals surface area contributed by atoms with Gasteiger partial charge in [-0.15, -0.1) is 11.3 Å². The molecule has 0 radical (unpaired) electrons. The van der Waals surface area contributed by atoms with Gasteiger partial charge >= 0.3 is 0 Å². The highest BCUT2D eigenvalue weighted by atomic mass is 32.1. The smallest absolute Gasteiger partial charge is 0.273 e. The predicted octanol–water partition coefficient (Wildman–Crippen LogP) is 4.82. The predicted molar refractivity (Wildman–Crippen MR) is 123 cm³/mol. The van der Waals surface area contributed by atoms with E-state index in [2.05, 4.69) is 10.5 Å². The van der Waals surface area contributed by atoms with Gasteiger partial charge < -0.3 is 14.7 Å². The quantitative estimate of drug-likeness (QED) is 0.422. The highest BCUT2D eigenvalue weighted by Crippen LogP contribution is 2.18. The van der Waals surface area contributed by atoms with E-state index in [1.165, 1.54) is 5.56 Å². The number of amides is 2. The zero-order chi connectivity index (χ0) is 22.3. The van der Waals surface area contributed by atoms with Crippen LogP contribution in [0.5, 0.6) is 0 Å². The van der Waals surface area contributed by atoms with Gasteiger partial charge in [0.05, 0.1) is 13.1 Å². The Hall–Kier alpha value is -3.71. The Bertz CT molecular complexity index is 1170. The second kappa shape index (κ2) is 10.1. The van der Waals surface area contributed by atoms with E-state index in [0.717, 1.165) is 10.4 Å². The average molecular weight is 446 g/mol. The van der Waals surface area contributed by atoms with Gasteiger partial charge in [-0.3, -0.25) is 9.59 Å². The van der Waals surface area contributed by atoms with Gasteiger partial charge in [0.15, 0.2) is 11.5 Å². The third-order valence-electron chi connectivity index (χ3n) is 4.95. The number of aromatic nitrogens is 1. The van der Waals surface area contributed by atoms with Crippen LogP contribution >= 0.6 is 11.3 Å². The zero-order valence-corrected chi connectivity index (χ0v) is 18.5. The van der Waals surface area contributed by atoms with Gasteiger partial charge in [0.25, 0.3) is 11.8 Å². The molecule has 4 aromatic rings. The Balaban J connectivity index is 1.44. The molecule has 0 aliphatic rings. The fraction of sp³-hybridized carbons (Fsp3) is 0.160. The largest absolute Gasteiger partial charge is 0.359 e. The molecule has 7 heteroatoms. The lowest BCUT2D eigenvalue weighted by atomic mass is 10.1. The van der Waals surface area contributed by atoms with E-state index >= 15 is 0 Å². The maximum absolute atomic E-state index is 13.1. The van der Waals surface area contributed by atoms with Crippen LogP contribution in [-0.2, 0) is 19.6 Å². The molecule has 2 aromatic heterocycles. The molecule has 32 heavy (non-hydrogen) atoms. The van der Waals surface area contributed by atoms with Gasteiger partial charge in [-0.25, -0.2) is 0 Å². The lowest BCUT2D eigenvalue weighted by Crippen LogP contribution is -2.29. The normalized spacial score (nSPS) is 10.7. The van der Waals surface area contributed by atoms with E-state index in [-0.39, 0.29) is 24.1 Å². The summed E-state index contributed by atoms with van der Waals surface area (Å²) in [4.78, 5) is 28.3. The number of rotatable bonds is 8. The molecule has 1 N–H and O–H groups in total. The molecule has 6 nitrogen and oxygen atoms in total. The van der Waals surface area contributed by atoms with Gasteiger partial charge in [0.1, 0.15) is 0 Å². The molecule has 0 aliphatic heterocycles. The third kappa shape index (κ3) is 5.50. The fourth-order valence-corrected chi connectivity index (χ4v) is 3.93. The molecule has 0 aliphatic carbocycles. The number of carbonyl (C=O) groups excluding carboxylic acids is 2. The Labute approximate surface area is 190 Å². The zero-order valence-electron chi connectivity index (χ0n) is 17.7. The molecule has 2 heterocycles. The van der Waals surface area contributed by atoms with Crippen LogP contribution in [0.2, 0.25) is 0 Å². The molecule has 0 saturated carbocycles. The topological polar surface area (TPSA) is 75.4 Å². The first-order valence-electron chi connectivity index (χ1n) is 10.2. The highest BCUT2D eigenvalue weighted by Gasteiger charge is 2.20. The Morgan fingerprint density at radius 2 is 1.78 bits per heavy atom. The molecular weight excluding hydrogens is 422 g/mol. The summed E-state index contributed by atoms with van der Waals surface area (Å²) in [6, 6.07) is 22.6. The maximum atomic E-state index is 13.1. The van der Waals surface area contributed by atoms with Crippen molar-refractivity contribution in [3.63, 3.8) is 0 Å². The lowest BCUT2D eigenvalue weighted by molar-refractivity contribution is 0.0715. The van der Waals surface area contributed by atoms with Crippen molar-refractivity contribution in [3.8, 4) is 0 Å². The summed E-state index contributed by atoms with van der Waals surface area (Å²) in [6.07, 6.45) is 0. The molecule has 0 unspecified atom stereocenters. The van der Waals surface area contributed by atoms with E-state index in [1.54, 1.807) is 34.4 Å². The van der Waals surface area contributed by atoms with Gasteiger partial charge in [-0.05, 0) is 36.1 Å². The number of hydrogen-bond donors (Lipinski definition) is 1. The molecule has 4 rings (SSSR count). The van der Waals surface area contributed by atoms with Crippen molar-refractivity contribution in [2.45, 2.75) is 26.6 Å². The minimum absolute atomic E-state index is 0.110. The third-order valence-corrected chi connectivity index (χ3v) is 5.81. The van der Waals surface area contributed by atoms with Crippen molar-refractivity contribution in [2.24, 2.45) is 0 Å². The second-order valence-electron chi connectivity index (χ2n) is 7.45. The number of hydrogen-bond acceptors (Lipinski definition) is 5. The van der Waals surface area contributed by atoms with Crippen LogP contribution in [0.25, 0.3) is 0 Å². The SMILES string of the molecule is Cc1ccc(CNC(=O)c2cc(CN(Cc3cccs3)C(=O)c3ccccc3)on2)cc1. The maximum Gasteiger partial charge on any atom is 0.273 e. The van der Waals surface area contributed by atoms with E-state index in [4.69, 9.17) is 4.52 Å². The van der Waals surface area contributed by atoms with Crippen molar-refractivity contribution in [1.29, 1.82) is 0 Å². The van der Waals surface area contributed by atoms with Gasteiger partial charge in [-0.1, -0.05) is 59.3 Å². The summed E-state index contributed by atoms with van der Waals surface area (Å²) < 4.78 is 5.39. The van der Waals surface area contributed by atoms with Crippen LogP contribution < -0.4 is 5.32 Å². The van der Waals surface area contributed by atoms with Crippen LogP contribution in [0, 0.1) is 6.92 Å². The summed E-state index contributed by atoms with van der Waals surface area (Å²) in [6.45, 7) is 3.08.